The molecular weight excluding hydrogens is 532 g/mol. The molecule has 0 radical (unpaired) electrons. The topological polar surface area (TPSA) is 97.6 Å². The lowest BCUT2D eigenvalue weighted by atomic mass is 10.1. The molecule has 0 bridgehead atoms. The highest BCUT2D eigenvalue weighted by atomic mass is 28.4. The number of ether oxygens (including phenoxy) is 2. The molecule has 1 fully saturated rings. The number of benzene rings is 1. The van der Waals surface area contributed by atoms with Crippen LogP contribution >= 0.6 is 0 Å². The molecule has 0 amide bonds. The van der Waals surface area contributed by atoms with E-state index in [9.17, 15) is 0 Å². The van der Waals surface area contributed by atoms with Crippen LogP contribution < -0.4 is 5.73 Å². The predicted octanol–water partition coefficient (Wildman–Crippen LogP) is 6.84. The monoisotopic (exact) mass is 578 g/mol. The van der Waals surface area contributed by atoms with E-state index < -0.39 is 8.32 Å². The van der Waals surface area contributed by atoms with Gasteiger partial charge >= 0.3 is 0 Å². The van der Waals surface area contributed by atoms with Crippen molar-refractivity contribution >= 4 is 8.32 Å². The van der Waals surface area contributed by atoms with E-state index in [1.165, 1.54) is 0 Å². The zero-order valence-corrected chi connectivity index (χ0v) is 26.5. The van der Waals surface area contributed by atoms with E-state index in [1.807, 2.05) is 48.0 Å². The maximum absolute atomic E-state index is 6.24. The fraction of sp³-hybridized carbons (Fsp3) is 0.562. The quantitative estimate of drug-likeness (QED) is 0.151. The predicted molar refractivity (Wildman–Crippen MR) is 164 cm³/mol. The molecule has 8 nitrogen and oxygen atoms in total. The first-order chi connectivity index (χ1) is 19.6. The van der Waals surface area contributed by atoms with Crippen molar-refractivity contribution in [1.82, 2.24) is 14.7 Å². The van der Waals surface area contributed by atoms with Gasteiger partial charge < -0.3 is 28.7 Å². The van der Waals surface area contributed by atoms with Crippen LogP contribution in [0.25, 0.3) is 11.3 Å². The summed E-state index contributed by atoms with van der Waals surface area (Å²) in [6.45, 7) is 15.2. The van der Waals surface area contributed by atoms with Gasteiger partial charge in [0, 0.05) is 55.8 Å². The molecule has 222 valence electrons. The zero-order chi connectivity index (χ0) is 29.5. The Labute approximate surface area is 246 Å². The normalized spacial score (nSPS) is 17.6. The van der Waals surface area contributed by atoms with E-state index in [0.29, 0.717) is 12.3 Å². The Balaban J connectivity index is 1.35. The molecule has 0 spiro atoms. The number of hydrogen-bond acceptors (Lipinski definition) is 7. The van der Waals surface area contributed by atoms with Crippen LogP contribution in [0.5, 0.6) is 0 Å². The average molecular weight is 579 g/mol. The molecule has 3 atom stereocenters. The smallest absolute Gasteiger partial charge is 0.191 e. The first-order valence-electron chi connectivity index (χ1n) is 14.8. The van der Waals surface area contributed by atoms with Crippen LogP contribution in [0, 0.1) is 11.8 Å². The number of nitrogens with two attached hydrogens (primary N) is 1. The Kier molecular flexibility index (Phi) is 10.6. The van der Waals surface area contributed by atoms with Gasteiger partial charge in [-0.3, -0.25) is 0 Å². The molecule has 2 aromatic heterocycles. The molecule has 41 heavy (non-hydrogen) atoms. The molecule has 1 saturated heterocycles. The maximum Gasteiger partial charge on any atom is 0.191 e. The molecule has 1 aliphatic rings. The van der Waals surface area contributed by atoms with Gasteiger partial charge in [0.15, 0.2) is 20.4 Å². The van der Waals surface area contributed by atoms with Gasteiger partial charge in [-0.15, -0.1) is 0 Å². The van der Waals surface area contributed by atoms with E-state index in [2.05, 4.69) is 55.8 Å². The fourth-order valence-electron chi connectivity index (χ4n) is 4.56. The van der Waals surface area contributed by atoms with Crippen molar-refractivity contribution in [2.75, 3.05) is 19.8 Å². The molecule has 0 aliphatic carbocycles. The molecule has 1 aliphatic heterocycles. The van der Waals surface area contributed by atoms with E-state index in [0.717, 1.165) is 68.0 Å². The highest BCUT2D eigenvalue weighted by molar-refractivity contribution is 6.74. The van der Waals surface area contributed by atoms with Gasteiger partial charge in [0.25, 0.3) is 0 Å². The Morgan fingerprint density at radius 3 is 2.66 bits per heavy atom. The van der Waals surface area contributed by atoms with Gasteiger partial charge in [0.2, 0.25) is 0 Å². The van der Waals surface area contributed by atoms with Crippen LogP contribution in [0.15, 0.2) is 47.2 Å². The van der Waals surface area contributed by atoms with Crippen LogP contribution in [-0.4, -0.2) is 49.1 Å². The van der Waals surface area contributed by atoms with Crippen molar-refractivity contribution < 1.29 is 18.4 Å². The minimum absolute atomic E-state index is 0.201. The van der Waals surface area contributed by atoms with Crippen molar-refractivity contribution in [2.45, 2.75) is 96.4 Å². The third-order valence-electron chi connectivity index (χ3n) is 8.10. The third-order valence-corrected chi connectivity index (χ3v) is 12.6. The summed E-state index contributed by atoms with van der Waals surface area (Å²) in [6.07, 6.45) is 8.08. The second-order valence-electron chi connectivity index (χ2n) is 12.2. The molecule has 9 heteroatoms. The van der Waals surface area contributed by atoms with Crippen LogP contribution in [0.2, 0.25) is 18.1 Å². The summed E-state index contributed by atoms with van der Waals surface area (Å²) >= 11 is 0. The Bertz CT molecular complexity index is 1290. The lowest BCUT2D eigenvalue weighted by Gasteiger charge is -2.36. The van der Waals surface area contributed by atoms with Gasteiger partial charge in [0.05, 0.1) is 6.04 Å². The molecular formula is C32H46N4O4Si. The SMILES string of the molecule is C[C@H](OC1CCCCO1)c1nccn1[C@H](CN)c1cc(-c2ccc(C#CCCCO[Si](C)(C)C(C)(C)C)cc2)on1. The second-order valence-corrected chi connectivity index (χ2v) is 17.0. The summed E-state index contributed by atoms with van der Waals surface area (Å²) in [4.78, 5) is 4.56. The Hall–Kier alpha value is -2.74. The largest absolute Gasteiger partial charge is 0.417 e. The van der Waals surface area contributed by atoms with Gasteiger partial charge in [-0.25, -0.2) is 4.98 Å². The number of rotatable bonds is 11. The summed E-state index contributed by atoms with van der Waals surface area (Å²) in [5.74, 6) is 8.01. The maximum atomic E-state index is 6.24. The zero-order valence-electron chi connectivity index (χ0n) is 25.5. The standard InChI is InChI=1S/C32H46N4O4Si/c1-24(39-30-13-9-11-20-37-30)31-34-18-19-36(31)28(23-33)27-22-29(40-35-27)26-16-14-25(15-17-26)12-8-7-10-21-38-41(5,6)32(2,3)4/h14-19,22,24,28,30H,7,9-11,13,20-21,23,33H2,1-6H3/t24-,28+,30?/m0/s1. The van der Waals surface area contributed by atoms with Crippen LogP contribution in [-0.2, 0) is 13.9 Å². The first-order valence-corrected chi connectivity index (χ1v) is 17.7. The van der Waals surface area contributed by atoms with Crippen LogP contribution in [0.1, 0.15) is 89.0 Å². The number of aromatic nitrogens is 3. The Morgan fingerprint density at radius 2 is 1.98 bits per heavy atom. The minimum atomic E-state index is -1.69. The van der Waals surface area contributed by atoms with Crippen molar-refractivity contribution in [1.29, 1.82) is 0 Å². The Morgan fingerprint density at radius 1 is 1.20 bits per heavy atom. The molecule has 1 unspecified atom stereocenters. The fourth-order valence-corrected chi connectivity index (χ4v) is 5.64. The van der Waals surface area contributed by atoms with E-state index in [-0.39, 0.29) is 23.5 Å². The molecule has 4 rings (SSSR count). The van der Waals surface area contributed by atoms with E-state index >= 15 is 0 Å². The van der Waals surface area contributed by atoms with E-state index in [1.54, 1.807) is 6.20 Å². The molecule has 3 aromatic rings. The second kappa shape index (κ2) is 13.9. The number of nitrogens with zero attached hydrogens (tertiary/aromatic N) is 3. The van der Waals surface area contributed by atoms with Gasteiger partial charge in [0.1, 0.15) is 17.6 Å². The minimum Gasteiger partial charge on any atom is -0.417 e. The number of hydrogen-bond donors (Lipinski definition) is 1. The lowest BCUT2D eigenvalue weighted by molar-refractivity contribution is -0.188. The molecule has 0 saturated carbocycles. The van der Waals surface area contributed by atoms with Gasteiger partial charge in [-0.05, 0) is 75.0 Å². The highest BCUT2D eigenvalue weighted by Gasteiger charge is 2.36. The van der Waals surface area contributed by atoms with E-state index in [4.69, 9.17) is 24.2 Å². The number of unbranched alkanes of at least 4 members (excludes halogenated alkanes) is 1. The number of imidazole rings is 1. The van der Waals surface area contributed by atoms with Crippen LogP contribution in [0.4, 0.5) is 0 Å². The van der Waals surface area contributed by atoms with Gasteiger partial charge in [-0.1, -0.05) is 37.8 Å². The van der Waals surface area contributed by atoms with Crippen LogP contribution in [0.3, 0.4) is 0 Å². The van der Waals surface area contributed by atoms with Crippen molar-refractivity contribution in [3.8, 4) is 23.2 Å². The van der Waals surface area contributed by atoms with Crippen molar-refractivity contribution in [3.05, 3.63) is 59.8 Å². The summed E-state index contributed by atoms with van der Waals surface area (Å²) in [6, 6.07) is 9.76. The first kappa shape index (κ1) is 31.2. The third kappa shape index (κ3) is 8.18. The molecule has 2 N–H and O–H groups in total. The molecule has 1 aromatic carbocycles. The average Bonchev–Trinajstić information content (AvgIpc) is 3.62. The summed E-state index contributed by atoms with van der Waals surface area (Å²) in [5.41, 5.74) is 8.86. The van der Waals surface area contributed by atoms with Crippen molar-refractivity contribution in [2.24, 2.45) is 5.73 Å². The summed E-state index contributed by atoms with van der Waals surface area (Å²) < 4.78 is 25.9. The lowest BCUT2D eigenvalue weighted by Crippen LogP contribution is -2.40. The summed E-state index contributed by atoms with van der Waals surface area (Å²) in [5, 5.41) is 4.59. The molecule has 3 heterocycles. The highest BCUT2D eigenvalue weighted by Crippen LogP contribution is 2.36. The summed E-state index contributed by atoms with van der Waals surface area (Å²) in [7, 11) is -1.69. The van der Waals surface area contributed by atoms with Gasteiger partial charge in [-0.2, -0.15) is 0 Å². The van der Waals surface area contributed by atoms with Crippen molar-refractivity contribution in [3.63, 3.8) is 0 Å².